The molecule has 34 heavy (non-hydrogen) atoms. The van der Waals surface area contributed by atoms with Crippen LogP contribution < -0.4 is 15.0 Å². The van der Waals surface area contributed by atoms with E-state index >= 15 is 0 Å². The molecule has 2 aromatic carbocycles. The van der Waals surface area contributed by atoms with Crippen LogP contribution in [-0.2, 0) is 4.74 Å². The van der Waals surface area contributed by atoms with E-state index in [-0.39, 0.29) is 11.5 Å². The van der Waals surface area contributed by atoms with Gasteiger partial charge in [0.15, 0.2) is 0 Å². The third kappa shape index (κ3) is 4.44. The van der Waals surface area contributed by atoms with E-state index < -0.39 is 0 Å². The Morgan fingerprint density at radius 1 is 1.03 bits per heavy atom. The zero-order chi connectivity index (χ0) is 23.5. The van der Waals surface area contributed by atoms with Crippen molar-refractivity contribution in [3.05, 3.63) is 65.2 Å². The molecule has 3 aliphatic heterocycles. The van der Waals surface area contributed by atoms with Crippen LogP contribution in [0.15, 0.2) is 48.5 Å². The molecule has 180 valence electrons. The van der Waals surface area contributed by atoms with E-state index in [4.69, 9.17) is 9.47 Å². The predicted molar refractivity (Wildman–Crippen MR) is 136 cm³/mol. The molecule has 0 radical (unpaired) electrons. The van der Waals surface area contributed by atoms with Gasteiger partial charge in [-0.25, -0.2) is 0 Å². The van der Waals surface area contributed by atoms with Gasteiger partial charge in [-0.2, -0.15) is 0 Å². The number of piperidine rings is 1. The fraction of sp³-hybridized carbons (Fsp3) is 0.464. The van der Waals surface area contributed by atoms with E-state index in [1.165, 1.54) is 11.3 Å². The normalized spacial score (nSPS) is 19.2. The number of carbonyl (C=O) groups excluding carboxylic acids is 1. The van der Waals surface area contributed by atoms with E-state index in [0.717, 1.165) is 74.7 Å². The zero-order valence-corrected chi connectivity index (χ0v) is 20.3. The van der Waals surface area contributed by atoms with Crippen molar-refractivity contribution >= 4 is 17.2 Å². The number of morpholine rings is 1. The van der Waals surface area contributed by atoms with Crippen LogP contribution in [0.2, 0.25) is 0 Å². The Morgan fingerprint density at radius 2 is 1.74 bits per heavy atom. The minimum atomic E-state index is -0.288. The van der Waals surface area contributed by atoms with Crippen LogP contribution in [0.3, 0.4) is 0 Å². The van der Waals surface area contributed by atoms with Crippen LogP contribution in [0.4, 0.5) is 5.69 Å². The van der Waals surface area contributed by atoms with E-state index in [1.807, 2.05) is 30.9 Å². The summed E-state index contributed by atoms with van der Waals surface area (Å²) in [6.07, 6.45) is 4.22. The number of rotatable bonds is 5. The number of nitrogens with one attached hydrogen (secondary N) is 1. The fourth-order valence-corrected chi connectivity index (χ4v) is 5.25. The van der Waals surface area contributed by atoms with Crippen LogP contribution in [0.5, 0.6) is 5.75 Å². The molecular weight excluding hydrogens is 426 g/mol. The maximum atomic E-state index is 12.8. The number of benzene rings is 2. The number of ether oxygens (including phenoxy) is 2. The van der Waals surface area contributed by atoms with Crippen molar-refractivity contribution in [1.82, 2.24) is 10.2 Å². The molecular formula is C28H35N3O3. The van der Waals surface area contributed by atoms with Crippen molar-refractivity contribution in [2.75, 3.05) is 57.4 Å². The smallest absolute Gasteiger partial charge is 0.253 e. The predicted octanol–water partition coefficient (Wildman–Crippen LogP) is 3.95. The lowest BCUT2D eigenvalue weighted by molar-refractivity contribution is 0.0772. The molecule has 6 heteroatoms. The van der Waals surface area contributed by atoms with Crippen LogP contribution in [0.1, 0.15) is 48.2 Å². The molecule has 3 aliphatic rings. The van der Waals surface area contributed by atoms with Crippen molar-refractivity contribution in [2.45, 2.75) is 32.3 Å². The molecule has 0 bridgehead atoms. The number of carbonyl (C=O) groups is 1. The van der Waals surface area contributed by atoms with Crippen molar-refractivity contribution in [2.24, 2.45) is 0 Å². The van der Waals surface area contributed by atoms with Gasteiger partial charge >= 0.3 is 0 Å². The molecule has 2 aromatic rings. The highest BCUT2D eigenvalue weighted by molar-refractivity contribution is 5.95. The van der Waals surface area contributed by atoms with Gasteiger partial charge in [-0.1, -0.05) is 12.1 Å². The first-order chi connectivity index (χ1) is 16.6. The van der Waals surface area contributed by atoms with Gasteiger partial charge < -0.3 is 24.6 Å². The molecule has 0 atom stereocenters. The van der Waals surface area contributed by atoms with Gasteiger partial charge in [-0.05, 0) is 74.5 Å². The van der Waals surface area contributed by atoms with Gasteiger partial charge in [0.25, 0.3) is 5.91 Å². The van der Waals surface area contributed by atoms with E-state index in [2.05, 4.69) is 46.6 Å². The lowest BCUT2D eigenvalue weighted by atomic mass is 9.83. The van der Waals surface area contributed by atoms with Crippen LogP contribution >= 0.6 is 0 Å². The minimum absolute atomic E-state index is 0.0855. The van der Waals surface area contributed by atoms with Crippen LogP contribution in [-0.4, -0.2) is 68.9 Å². The van der Waals surface area contributed by atoms with Gasteiger partial charge in [0.2, 0.25) is 0 Å². The highest BCUT2D eigenvalue weighted by atomic mass is 16.5. The maximum absolute atomic E-state index is 12.8. The Kier molecular flexibility index (Phi) is 6.61. The molecule has 0 aromatic heterocycles. The molecule has 1 amide bonds. The number of amides is 1. The monoisotopic (exact) mass is 461 g/mol. The van der Waals surface area contributed by atoms with Gasteiger partial charge in [0.05, 0.1) is 13.2 Å². The van der Waals surface area contributed by atoms with Gasteiger partial charge in [0.1, 0.15) is 11.4 Å². The van der Waals surface area contributed by atoms with E-state index in [1.54, 1.807) is 0 Å². The number of hydrogen-bond donors (Lipinski definition) is 1. The number of anilines is 1. The maximum Gasteiger partial charge on any atom is 0.253 e. The second-order valence-electron chi connectivity index (χ2n) is 9.31. The number of nitrogens with zero attached hydrogens (tertiary/aromatic N) is 2. The summed E-state index contributed by atoms with van der Waals surface area (Å²) in [6, 6.07) is 14.7. The number of hydrogen-bond acceptors (Lipinski definition) is 5. The summed E-state index contributed by atoms with van der Waals surface area (Å²) in [5.74, 6) is 1.03. The SMILES string of the molecule is CCN(CC)C(=O)c1ccc(C2=CC3(CCNCC3)Oc3ccc(N4CCOCC4)cc32)cc1. The first-order valence-corrected chi connectivity index (χ1v) is 12.6. The summed E-state index contributed by atoms with van der Waals surface area (Å²) >= 11 is 0. The molecule has 6 nitrogen and oxygen atoms in total. The molecule has 5 rings (SSSR count). The van der Waals surface area contributed by atoms with E-state index in [9.17, 15) is 4.79 Å². The van der Waals surface area contributed by atoms with Gasteiger partial charge in [0, 0.05) is 55.8 Å². The summed E-state index contributed by atoms with van der Waals surface area (Å²) in [6.45, 7) is 10.7. The molecule has 1 spiro atoms. The Bertz CT molecular complexity index is 1050. The van der Waals surface area contributed by atoms with Crippen molar-refractivity contribution in [3.8, 4) is 5.75 Å². The van der Waals surface area contributed by atoms with Crippen molar-refractivity contribution < 1.29 is 14.3 Å². The lowest BCUT2D eigenvalue weighted by Gasteiger charge is -2.40. The van der Waals surface area contributed by atoms with Gasteiger partial charge in [-0.3, -0.25) is 4.79 Å². The van der Waals surface area contributed by atoms with Crippen molar-refractivity contribution in [1.29, 1.82) is 0 Å². The summed E-state index contributed by atoms with van der Waals surface area (Å²) in [5, 5.41) is 3.46. The second kappa shape index (κ2) is 9.80. The average molecular weight is 462 g/mol. The summed E-state index contributed by atoms with van der Waals surface area (Å²) in [5.41, 5.74) is 5.09. The Labute approximate surface area is 202 Å². The molecule has 0 saturated carbocycles. The first kappa shape index (κ1) is 22.9. The Hall–Kier alpha value is -2.83. The Balaban J connectivity index is 1.52. The molecule has 2 fully saturated rings. The second-order valence-corrected chi connectivity index (χ2v) is 9.31. The Morgan fingerprint density at radius 3 is 2.41 bits per heavy atom. The van der Waals surface area contributed by atoms with Crippen molar-refractivity contribution in [3.63, 3.8) is 0 Å². The highest BCUT2D eigenvalue weighted by Crippen LogP contribution is 2.44. The zero-order valence-electron chi connectivity index (χ0n) is 20.3. The average Bonchev–Trinajstić information content (AvgIpc) is 2.90. The van der Waals surface area contributed by atoms with E-state index in [0.29, 0.717) is 13.1 Å². The molecule has 2 saturated heterocycles. The van der Waals surface area contributed by atoms with Crippen LogP contribution in [0, 0.1) is 0 Å². The highest BCUT2D eigenvalue weighted by Gasteiger charge is 2.37. The van der Waals surface area contributed by atoms with Gasteiger partial charge in [-0.15, -0.1) is 0 Å². The van der Waals surface area contributed by atoms with Crippen LogP contribution in [0.25, 0.3) is 5.57 Å². The molecule has 3 heterocycles. The summed E-state index contributed by atoms with van der Waals surface area (Å²) < 4.78 is 12.2. The third-order valence-corrected chi connectivity index (χ3v) is 7.29. The summed E-state index contributed by atoms with van der Waals surface area (Å²) in [7, 11) is 0. The fourth-order valence-electron chi connectivity index (χ4n) is 5.25. The molecule has 1 N–H and O–H groups in total. The quantitative estimate of drug-likeness (QED) is 0.731. The molecule has 0 unspecified atom stereocenters. The standard InChI is InChI=1S/C28H35N3O3/c1-3-30(4-2)27(32)22-7-5-21(6-8-22)25-20-28(11-13-29-14-12-28)34-26-10-9-23(19-24(25)26)31-15-17-33-18-16-31/h5-10,19-20,29H,3-4,11-18H2,1-2H3. The largest absolute Gasteiger partial charge is 0.482 e. The minimum Gasteiger partial charge on any atom is -0.482 e. The lowest BCUT2D eigenvalue weighted by Crippen LogP contribution is -2.46. The summed E-state index contributed by atoms with van der Waals surface area (Å²) in [4.78, 5) is 17.1. The first-order valence-electron chi connectivity index (χ1n) is 12.6. The topological polar surface area (TPSA) is 54.0 Å². The molecule has 0 aliphatic carbocycles. The number of fused-ring (bicyclic) bond motifs is 1. The third-order valence-electron chi connectivity index (χ3n) is 7.29.